The summed E-state index contributed by atoms with van der Waals surface area (Å²) < 4.78 is 24.2. The Labute approximate surface area is 169 Å². The molecule has 138 valence electrons. The third-order valence-corrected chi connectivity index (χ3v) is 5.49. The summed E-state index contributed by atoms with van der Waals surface area (Å²) in [6.07, 6.45) is 0.896. The predicted molar refractivity (Wildman–Crippen MR) is 105 cm³/mol. The number of ether oxygens (including phenoxy) is 3. The highest BCUT2D eigenvalue weighted by atomic mass is 79.9. The zero-order valence-corrected chi connectivity index (χ0v) is 17.2. The van der Waals surface area contributed by atoms with E-state index >= 15 is 0 Å². The van der Waals surface area contributed by atoms with E-state index < -0.39 is 4.92 Å². The third-order valence-electron chi connectivity index (χ3n) is 4.17. The summed E-state index contributed by atoms with van der Waals surface area (Å²) in [5.74, 6) is 1.90. The van der Waals surface area contributed by atoms with E-state index in [9.17, 15) is 10.1 Å². The van der Waals surface area contributed by atoms with Crippen LogP contribution < -0.4 is 14.2 Å². The average Bonchev–Trinajstić information content (AvgIpc) is 3.02. The van der Waals surface area contributed by atoms with E-state index in [4.69, 9.17) is 18.6 Å². The highest BCUT2D eigenvalue weighted by Gasteiger charge is 2.35. The number of halogens is 2. The van der Waals surface area contributed by atoms with E-state index in [2.05, 4.69) is 31.9 Å². The molecule has 0 radical (unpaired) electrons. The predicted octanol–water partition coefficient (Wildman–Crippen LogP) is 5.75. The molecule has 7 nitrogen and oxygen atoms in total. The van der Waals surface area contributed by atoms with Gasteiger partial charge in [0.25, 0.3) is 0 Å². The largest absolute Gasteiger partial charge is 0.493 e. The molecule has 9 heteroatoms. The lowest BCUT2D eigenvalue weighted by Crippen LogP contribution is -2.05. The molecule has 0 saturated heterocycles. The van der Waals surface area contributed by atoms with Crippen LogP contribution in [0.25, 0.3) is 16.5 Å². The van der Waals surface area contributed by atoms with Crippen molar-refractivity contribution in [3.05, 3.63) is 60.8 Å². The molecule has 2 heterocycles. The first-order valence-electron chi connectivity index (χ1n) is 7.65. The number of methoxy groups -OCH3 is 2. The minimum atomic E-state index is -0.528. The molecule has 0 fully saturated rings. The van der Waals surface area contributed by atoms with Crippen molar-refractivity contribution in [3.63, 3.8) is 0 Å². The van der Waals surface area contributed by atoms with E-state index in [1.807, 2.05) is 0 Å². The fourth-order valence-corrected chi connectivity index (χ4v) is 4.06. The lowest BCUT2D eigenvalue weighted by atomic mass is 9.99. The summed E-state index contributed by atoms with van der Waals surface area (Å²) in [4.78, 5) is 10.8. The van der Waals surface area contributed by atoms with Crippen molar-refractivity contribution in [1.82, 2.24) is 0 Å². The van der Waals surface area contributed by atoms with Gasteiger partial charge < -0.3 is 18.6 Å². The summed E-state index contributed by atoms with van der Waals surface area (Å²) in [7, 11) is 3.03. The normalized spacial score (nSPS) is 13.9. The van der Waals surface area contributed by atoms with Crippen molar-refractivity contribution < 1.29 is 23.6 Å². The molecule has 0 saturated carbocycles. The van der Waals surface area contributed by atoms with Gasteiger partial charge in [-0.05, 0) is 40.2 Å². The van der Waals surface area contributed by atoms with E-state index in [0.29, 0.717) is 48.5 Å². The topological polar surface area (TPSA) is 84.0 Å². The number of furan rings is 1. The molecule has 3 aromatic rings. The molecule has 0 N–H and O–H groups in total. The third kappa shape index (κ3) is 2.69. The Balaban J connectivity index is 2.13. The Morgan fingerprint density at radius 3 is 2.37 bits per heavy atom. The van der Waals surface area contributed by atoms with Gasteiger partial charge in [0.2, 0.25) is 6.20 Å². The molecule has 0 aliphatic carbocycles. The Morgan fingerprint density at radius 2 is 1.70 bits per heavy atom. The second kappa shape index (κ2) is 6.58. The van der Waals surface area contributed by atoms with Crippen LogP contribution in [0.2, 0.25) is 0 Å². The maximum Gasteiger partial charge on any atom is 0.246 e. The zero-order valence-electron chi connectivity index (χ0n) is 14.0. The van der Waals surface area contributed by atoms with Crippen molar-refractivity contribution in [3.8, 4) is 23.0 Å². The maximum atomic E-state index is 11.3. The Bertz CT molecular complexity index is 1130. The van der Waals surface area contributed by atoms with Crippen molar-refractivity contribution in [2.45, 2.75) is 0 Å². The first-order valence-corrected chi connectivity index (χ1v) is 9.24. The molecule has 0 bridgehead atoms. The van der Waals surface area contributed by atoms with Gasteiger partial charge in [0.15, 0.2) is 34.3 Å². The second-order valence-corrected chi connectivity index (χ2v) is 7.31. The molecule has 27 heavy (non-hydrogen) atoms. The maximum absolute atomic E-state index is 11.3. The molecule has 1 aliphatic heterocycles. The number of hydrogen-bond donors (Lipinski definition) is 0. The van der Waals surface area contributed by atoms with Gasteiger partial charge in [0.1, 0.15) is 5.57 Å². The summed E-state index contributed by atoms with van der Waals surface area (Å²) in [6, 6.07) is 6.99. The number of nitro groups is 1. The Hall–Kier alpha value is -2.52. The molecule has 2 aromatic carbocycles. The molecular formula is C18H11Br2NO6. The van der Waals surface area contributed by atoms with E-state index in [-0.39, 0.29) is 11.3 Å². The van der Waals surface area contributed by atoms with Gasteiger partial charge in [-0.1, -0.05) is 15.9 Å². The molecule has 0 atom stereocenters. The smallest absolute Gasteiger partial charge is 0.246 e. The van der Waals surface area contributed by atoms with Crippen molar-refractivity contribution in [1.29, 1.82) is 0 Å². The first kappa shape index (κ1) is 17.9. The summed E-state index contributed by atoms with van der Waals surface area (Å²) >= 11 is 6.93. The molecule has 0 spiro atoms. The number of rotatable bonds is 3. The van der Waals surface area contributed by atoms with Crippen LogP contribution in [0.15, 0.2) is 43.8 Å². The van der Waals surface area contributed by atoms with Crippen molar-refractivity contribution >= 4 is 48.4 Å². The fraction of sp³-hybridized carbons (Fsp3) is 0.111. The van der Waals surface area contributed by atoms with Crippen LogP contribution in [0.3, 0.4) is 0 Å². The summed E-state index contributed by atoms with van der Waals surface area (Å²) in [6.45, 7) is 0. The minimum Gasteiger partial charge on any atom is -0.493 e. The fourth-order valence-electron chi connectivity index (χ4n) is 3.05. The lowest BCUT2D eigenvalue weighted by Gasteiger charge is -2.21. The Morgan fingerprint density at radius 1 is 1.04 bits per heavy atom. The van der Waals surface area contributed by atoms with Crippen LogP contribution in [0, 0.1) is 10.1 Å². The van der Waals surface area contributed by atoms with Gasteiger partial charge in [0.05, 0.1) is 30.1 Å². The SMILES string of the molecule is COc1ccc(Br)c2c1Oc1c(oc3c(OC)ccc(Br)c13)/C2=C\[N+](=O)[O-]. The number of nitrogens with zero attached hydrogens (tertiary/aromatic N) is 1. The van der Waals surface area contributed by atoms with Gasteiger partial charge in [-0.3, -0.25) is 10.1 Å². The monoisotopic (exact) mass is 495 g/mol. The van der Waals surface area contributed by atoms with E-state index in [0.717, 1.165) is 6.20 Å². The molecule has 0 amide bonds. The molecule has 1 aromatic heterocycles. The van der Waals surface area contributed by atoms with Crippen LogP contribution in [0.4, 0.5) is 0 Å². The second-order valence-electron chi connectivity index (χ2n) is 5.60. The highest BCUT2D eigenvalue weighted by Crippen LogP contribution is 2.55. The highest BCUT2D eigenvalue weighted by molar-refractivity contribution is 9.11. The van der Waals surface area contributed by atoms with E-state index in [1.54, 1.807) is 24.3 Å². The van der Waals surface area contributed by atoms with Crippen LogP contribution in [0.1, 0.15) is 11.3 Å². The van der Waals surface area contributed by atoms with Crippen LogP contribution in [-0.2, 0) is 0 Å². The van der Waals surface area contributed by atoms with Gasteiger partial charge in [-0.15, -0.1) is 0 Å². The zero-order chi connectivity index (χ0) is 19.3. The van der Waals surface area contributed by atoms with Crippen LogP contribution >= 0.6 is 31.9 Å². The molecule has 0 unspecified atom stereocenters. The standard InChI is InChI=1S/C18H11Br2NO6/c1-24-11-5-3-9(19)13-8(7-21(22)23)15-18(27-16(11)13)14-10(20)4-6-12(25-2)17(14)26-15/h3-7H,1-2H3/b8-7-. The number of fused-ring (bicyclic) bond motifs is 4. The first-order chi connectivity index (χ1) is 13.0. The van der Waals surface area contributed by atoms with Gasteiger partial charge in [-0.25, -0.2) is 0 Å². The summed E-state index contributed by atoms with van der Waals surface area (Å²) in [5, 5.41) is 11.9. The molecule has 4 rings (SSSR count). The number of benzene rings is 2. The van der Waals surface area contributed by atoms with Gasteiger partial charge in [-0.2, -0.15) is 0 Å². The Kier molecular flexibility index (Phi) is 4.35. The molecular weight excluding hydrogens is 486 g/mol. The van der Waals surface area contributed by atoms with Gasteiger partial charge >= 0.3 is 0 Å². The molecule has 1 aliphatic rings. The van der Waals surface area contributed by atoms with Crippen LogP contribution in [-0.4, -0.2) is 19.1 Å². The van der Waals surface area contributed by atoms with Crippen molar-refractivity contribution in [2.24, 2.45) is 0 Å². The average molecular weight is 497 g/mol. The van der Waals surface area contributed by atoms with E-state index in [1.165, 1.54) is 14.2 Å². The quantitative estimate of drug-likeness (QED) is 0.265. The van der Waals surface area contributed by atoms with Crippen LogP contribution in [0.5, 0.6) is 23.0 Å². The summed E-state index contributed by atoms with van der Waals surface area (Å²) in [5.41, 5.74) is 1.17. The minimum absolute atomic E-state index is 0.244. The van der Waals surface area contributed by atoms with Crippen molar-refractivity contribution in [2.75, 3.05) is 14.2 Å². The lowest BCUT2D eigenvalue weighted by molar-refractivity contribution is -0.401. The van der Waals surface area contributed by atoms with Gasteiger partial charge in [0, 0.05) is 8.95 Å². The number of hydrogen-bond acceptors (Lipinski definition) is 6.